The van der Waals surface area contributed by atoms with Gasteiger partial charge in [0.25, 0.3) is 5.91 Å². The molecule has 0 radical (unpaired) electrons. The molecule has 2 amide bonds. The summed E-state index contributed by atoms with van der Waals surface area (Å²) in [5.41, 5.74) is 1.18. The molecule has 2 N–H and O–H groups in total. The molecule has 154 valence electrons. The Labute approximate surface area is 167 Å². The van der Waals surface area contributed by atoms with Crippen molar-refractivity contribution < 1.29 is 19.5 Å². The molecule has 0 aromatic heterocycles. The Morgan fingerprint density at radius 1 is 1.04 bits per heavy atom. The fraction of sp³-hybridized carbons (Fsp3) is 0.591. The predicted molar refractivity (Wildman–Crippen MR) is 109 cm³/mol. The average Bonchev–Trinajstić information content (AvgIpc) is 3.08. The number of amides is 2. The Morgan fingerprint density at radius 2 is 1.64 bits per heavy atom. The van der Waals surface area contributed by atoms with Crippen LogP contribution in [0.25, 0.3) is 0 Å². The van der Waals surface area contributed by atoms with Gasteiger partial charge in [0.2, 0.25) is 5.91 Å². The molecule has 28 heavy (non-hydrogen) atoms. The predicted octanol–water partition coefficient (Wildman–Crippen LogP) is 3.99. The van der Waals surface area contributed by atoms with Gasteiger partial charge in [-0.2, -0.15) is 0 Å². The summed E-state index contributed by atoms with van der Waals surface area (Å²) in [5.74, 6) is -1.93. The number of aliphatic carboxylic acids is 1. The van der Waals surface area contributed by atoms with Crippen LogP contribution in [0.4, 0.5) is 5.69 Å². The number of carbonyl (C=O) groups is 3. The lowest BCUT2D eigenvalue weighted by atomic mass is 10.1. The minimum absolute atomic E-state index is 0.0240. The molecule has 1 aliphatic heterocycles. The van der Waals surface area contributed by atoms with Gasteiger partial charge in [-0.25, -0.2) is 0 Å². The van der Waals surface area contributed by atoms with Crippen LogP contribution in [0.3, 0.4) is 0 Å². The highest BCUT2D eigenvalue weighted by atomic mass is 16.4. The highest BCUT2D eigenvalue weighted by Gasteiger charge is 2.34. The summed E-state index contributed by atoms with van der Waals surface area (Å²) in [4.78, 5) is 36.7. The summed E-state index contributed by atoms with van der Waals surface area (Å²) in [5, 5.41) is 12.0. The number of anilines is 1. The van der Waals surface area contributed by atoms with E-state index < -0.39 is 11.9 Å². The van der Waals surface area contributed by atoms with Gasteiger partial charge in [-0.15, -0.1) is 0 Å². The molecule has 6 heteroatoms. The number of nitrogens with zero attached hydrogens (tertiary/aromatic N) is 1. The maximum atomic E-state index is 12.2. The second-order valence-corrected chi connectivity index (χ2v) is 7.52. The van der Waals surface area contributed by atoms with Crippen molar-refractivity contribution in [3.63, 3.8) is 0 Å². The molecule has 1 heterocycles. The van der Waals surface area contributed by atoms with Gasteiger partial charge in [-0.05, 0) is 30.7 Å². The summed E-state index contributed by atoms with van der Waals surface area (Å²) in [6, 6.07) is 6.76. The van der Waals surface area contributed by atoms with Gasteiger partial charge in [0.05, 0.1) is 5.92 Å². The average molecular weight is 389 g/mol. The van der Waals surface area contributed by atoms with Gasteiger partial charge in [0.1, 0.15) is 0 Å². The molecule has 1 fully saturated rings. The number of benzene rings is 1. The zero-order valence-electron chi connectivity index (χ0n) is 16.8. The molecule has 0 saturated carbocycles. The van der Waals surface area contributed by atoms with E-state index in [-0.39, 0.29) is 24.8 Å². The molecule has 0 bridgehead atoms. The number of carboxylic acids is 1. The second-order valence-electron chi connectivity index (χ2n) is 7.52. The van der Waals surface area contributed by atoms with Gasteiger partial charge in [0.15, 0.2) is 0 Å². The number of carboxylic acid groups (broad SMARTS) is 1. The number of unbranched alkanes of at least 4 members (excludes halogenated alkanes) is 7. The highest BCUT2D eigenvalue weighted by molar-refractivity contribution is 6.00. The van der Waals surface area contributed by atoms with Crippen molar-refractivity contribution >= 4 is 23.5 Å². The van der Waals surface area contributed by atoms with E-state index in [0.717, 1.165) is 12.8 Å². The monoisotopic (exact) mass is 388 g/mol. The summed E-state index contributed by atoms with van der Waals surface area (Å²) >= 11 is 0. The lowest BCUT2D eigenvalue weighted by Crippen LogP contribution is -2.26. The molecular formula is C22H32N2O4. The number of hydrogen-bond donors (Lipinski definition) is 2. The van der Waals surface area contributed by atoms with E-state index in [1.54, 1.807) is 24.3 Å². The topological polar surface area (TPSA) is 86.7 Å². The molecule has 1 aliphatic rings. The Balaban J connectivity index is 1.69. The highest BCUT2D eigenvalue weighted by Crippen LogP contribution is 2.25. The van der Waals surface area contributed by atoms with Crippen LogP contribution in [-0.4, -0.2) is 36.0 Å². The third kappa shape index (κ3) is 6.66. The summed E-state index contributed by atoms with van der Waals surface area (Å²) in [6.07, 6.45) is 9.84. The normalized spacial score (nSPS) is 16.4. The Bertz CT molecular complexity index is 657. The quantitative estimate of drug-likeness (QED) is 0.530. The summed E-state index contributed by atoms with van der Waals surface area (Å²) < 4.78 is 0. The third-order valence-electron chi connectivity index (χ3n) is 5.23. The van der Waals surface area contributed by atoms with Crippen molar-refractivity contribution in [1.29, 1.82) is 0 Å². The third-order valence-corrected chi connectivity index (χ3v) is 5.23. The Hall–Kier alpha value is -2.37. The van der Waals surface area contributed by atoms with E-state index in [9.17, 15) is 14.4 Å². The first-order valence-corrected chi connectivity index (χ1v) is 10.4. The van der Waals surface area contributed by atoms with Crippen LogP contribution in [0.2, 0.25) is 0 Å². The number of rotatable bonds is 12. The van der Waals surface area contributed by atoms with Crippen molar-refractivity contribution in [3.05, 3.63) is 29.8 Å². The van der Waals surface area contributed by atoms with Gasteiger partial charge in [-0.1, -0.05) is 51.9 Å². The van der Waals surface area contributed by atoms with Crippen molar-refractivity contribution in [3.8, 4) is 0 Å². The van der Waals surface area contributed by atoms with E-state index in [2.05, 4.69) is 12.2 Å². The first kappa shape index (κ1) is 21.9. The Kier molecular flexibility index (Phi) is 8.98. The van der Waals surface area contributed by atoms with Crippen LogP contribution in [-0.2, 0) is 9.59 Å². The van der Waals surface area contributed by atoms with Crippen LogP contribution in [0, 0.1) is 5.92 Å². The van der Waals surface area contributed by atoms with Crippen LogP contribution in [0.1, 0.15) is 75.1 Å². The number of hydrogen-bond acceptors (Lipinski definition) is 3. The fourth-order valence-electron chi connectivity index (χ4n) is 3.48. The molecule has 0 spiro atoms. The van der Waals surface area contributed by atoms with Crippen molar-refractivity contribution in [2.24, 2.45) is 5.92 Å². The van der Waals surface area contributed by atoms with Crippen LogP contribution < -0.4 is 10.2 Å². The smallest absolute Gasteiger partial charge is 0.308 e. The van der Waals surface area contributed by atoms with Crippen LogP contribution in [0.15, 0.2) is 24.3 Å². The van der Waals surface area contributed by atoms with E-state index >= 15 is 0 Å². The maximum absolute atomic E-state index is 12.2. The molecule has 1 aromatic rings. The molecule has 1 aromatic carbocycles. The molecule has 2 rings (SSSR count). The molecular weight excluding hydrogens is 356 g/mol. The van der Waals surface area contributed by atoms with Crippen LogP contribution >= 0.6 is 0 Å². The summed E-state index contributed by atoms with van der Waals surface area (Å²) in [7, 11) is 0. The first-order chi connectivity index (χ1) is 13.5. The van der Waals surface area contributed by atoms with E-state index in [1.165, 1.54) is 43.4 Å². The minimum atomic E-state index is -0.951. The molecule has 1 saturated heterocycles. The van der Waals surface area contributed by atoms with Crippen molar-refractivity contribution in [2.75, 3.05) is 18.0 Å². The molecule has 0 aliphatic carbocycles. The van der Waals surface area contributed by atoms with E-state index in [4.69, 9.17) is 5.11 Å². The van der Waals surface area contributed by atoms with Crippen LogP contribution in [0.5, 0.6) is 0 Å². The fourth-order valence-corrected chi connectivity index (χ4v) is 3.48. The molecule has 6 nitrogen and oxygen atoms in total. The number of nitrogens with one attached hydrogen (secondary N) is 1. The maximum Gasteiger partial charge on any atom is 0.308 e. The zero-order chi connectivity index (χ0) is 20.4. The van der Waals surface area contributed by atoms with Gasteiger partial charge in [-0.3, -0.25) is 14.4 Å². The van der Waals surface area contributed by atoms with E-state index in [1.807, 2.05) is 0 Å². The minimum Gasteiger partial charge on any atom is -0.481 e. The first-order valence-electron chi connectivity index (χ1n) is 10.4. The molecule has 1 atom stereocenters. The van der Waals surface area contributed by atoms with Crippen molar-refractivity contribution in [1.82, 2.24) is 5.32 Å². The SMILES string of the molecule is CCCCCCCCCCNC(=O)c1ccc(N2CC(C(=O)O)CC2=O)cc1. The largest absolute Gasteiger partial charge is 0.481 e. The standard InChI is InChI=1S/C22H32N2O4/c1-2-3-4-5-6-7-8-9-14-23-21(26)17-10-12-19(13-11-17)24-16-18(22(27)28)15-20(24)25/h10-13,18H,2-9,14-16H2,1H3,(H,23,26)(H,27,28). The van der Waals surface area contributed by atoms with Gasteiger partial charge < -0.3 is 15.3 Å². The number of carbonyl (C=O) groups excluding carboxylic acids is 2. The van der Waals surface area contributed by atoms with Gasteiger partial charge >= 0.3 is 5.97 Å². The lowest BCUT2D eigenvalue weighted by molar-refractivity contribution is -0.141. The van der Waals surface area contributed by atoms with E-state index in [0.29, 0.717) is 17.8 Å². The van der Waals surface area contributed by atoms with Crippen molar-refractivity contribution in [2.45, 2.75) is 64.7 Å². The molecule has 1 unspecified atom stereocenters. The summed E-state index contributed by atoms with van der Waals surface area (Å²) in [6.45, 7) is 3.06. The zero-order valence-corrected chi connectivity index (χ0v) is 16.8. The van der Waals surface area contributed by atoms with Gasteiger partial charge in [0, 0.05) is 30.8 Å². The Morgan fingerprint density at radius 3 is 2.21 bits per heavy atom. The lowest BCUT2D eigenvalue weighted by Gasteiger charge is -2.16. The second kappa shape index (κ2) is 11.5.